The van der Waals surface area contributed by atoms with Gasteiger partial charge in [-0.1, -0.05) is 11.8 Å². The van der Waals surface area contributed by atoms with Crippen molar-refractivity contribution in [2.24, 2.45) is 4.99 Å². The van der Waals surface area contributed by atoms with Crippen LogP contribution in [0.25, 0.3) is 0 Å². The summed E-state index contributed by atoms with van der Waals surface area (Å²) in [5, 5.41) is 1.29. The zero-order valence-corrected chi connectivity index (χ0v) is 9.17. The van der Waals surface area contributed by atoms with Crippen molar-refractivity contribution in [2.75, 3.05) is 18.8 Å². The number of aliphatic imine (C=N–C) groups is 1. The van der Waals surface area contributed by atoms with Crippen LogP contribution in [0.3, 0.4) is 0 Å². The Morgan fingerprint density at radius 2 is 2.08 bits per heavy atom. The van der Waals surface area contributed by atoms with Crippen LogP contribution in [0.1, 0.15) is 19.3 Å². The Bertz CT molecular complexity index is 189. The lowest BCUT2D eigenvalue weighted by Crippen LogP contribution is -2.33. The highest BCUT2D eigenvalue weighted by atomic mass is 32.2. The molecule has 1 fully saturated rings. The summed E-state index contributed by atoms with van der Waals surface area (Å²) in [6.07, 6.45) is 4.10. The topological polar surface area (TPSA) is 15.6 Å². The lowest BCUT2D eigenvalue weighted by Gasteiger charge is -2.27. The van der Waals surface area contributed by atoms with Crippen molar-refractivity contribution in [1.29, 1.82) is 0 Å². The molecule has 0 aromatic carbocycles. The van der Waals surface area contributed by atoms with Crippen molar-refractivity contribution in [1.82, 2.24) is 4.90 Å². The maximum Gasteiger partial charge on any atom is 0.159 e. The molecule has 2 atom stereocenters. The minimum Gasteiger partial charge on any atom is -0.351 e. The third kappa shape index (κ3) is 1.94. The van der Waals surface area contributed by atoms with Crippen LogP contribution in [0, 0.1) is 0 Å². The Hall–Kier alpha value is 0.250. The summed E-state index contributed by atoms with van der Waals surface area (Å²) in [5.41, 5.74) is 0. The lowest BCUT2D eigenvalue weighted by molar-refractivity contribution is 0.347. The van der Waals surface area contributed by atoms with Crippen LogP contribution in [0.15, 0.2) is 4.99 Å². The number of likely N-dealkylation sites (tertiary alicyclic amines) is 1. The van der Waals surface area contributed by atoms with E-state index in [1.54, 1.807) is 0 Å². The molecule has 0 spiro atoms. The number of amidine groups is 1. The Morgan fingerprint density at radius 1 is 1.33 bits per heavy atom. The largest absolute Gasteiger partial charge is 0.351 e. The molecule has 2 rings (SSSR count). The quantitative estimate of drug-likeness (QED) is 0.556. The van der Waals surface area contributed by atoms with Gasteiger partial charge in [0, 0.05) is 18.8 Å². The van der Waals surface area contributed by atoms with E-state index in [4.69, 9.17) is 0 Å². The van der Waals surface area contributed by atoms with Gasteiger partial charge in [0.1, 0.15) is 0 Å². The predicted octanol–water partition coefficient (Wildman–Crippen LogP) is 1.78. The fourth-order valence-corrected chi connectivity index (χ4v) is 3.14. The molecule has 12 heavy (non-hydrogen) atoms. The SMILES string of the molecule is PC1CSC(N2CCCCC2)=N1. The third-order valence-corrected chi connectivity index (χ3v) is 4.14. The molecule has 2 aliphatic heterocycles. The van der Waals surface area contributed by atoms with Gasteiger partial charge in [-0.05, 0) is 19.3 Å². The van der Waals surface area contributed by atoms with Crippen molar-refractivity contribution in [2.45, 2.75) is 25.0 Å². The van der Waals surface area contributed by atoms with Crippen LogP contribution in [-0.2, 0) is 0 Å². The van der Waals surface area contributed by atoms with Crippen LogP contribution < -0.4 is 0 Å². The van der Waals surface area contributed by atoms with Crippen LogP contribution in [0.4, 0.5) is 0 Å². The van der Waals surface area contributed by atoms with Gasteiger partial charge in [-0.3, -0.25) is 4.99 Å². The predicted molar refractivity (Wildman–Crippen MR) is 58.8 cm³/mol. The highest BCUT2D eigenvalue weighted by Gasteiger charge is 2.20. The van der Waals surface area contributed by atoms with Crippen molar-refractivity contribution >= 4 is 26.2 Å². The van der Waals surface area contributed by atoms with Crippen LogP contribution in [0.2, 0.25) is 0 Å². The third-order valence-electron chi connectivity index (χ3n) is 2.29. The summed E-state index contributed by atoms with van der Waals surface area (Å²) in [6.45, 7) is 2.45. The van der Waals surface area contributed by atoms with Crippen molar-refractivity contribution in [3.05, 3.63) is 0 Å². The molecule has 0 amide bonds. The van der Waals surface area contributed by atoms with Gasteiger partial charge < -0.3 is 4.90 Å². The molecular formula is C8H15N2PS. The fourth-order valence-electron chi connectivity index (χ4n) is 1.63. The van der Waals surface area contributed by atoms with Gasteiger partial charge in [0.2, 0.25) is 0 Å². The van der Waals surface area contributed by atoms with E-state index in [-0.39, 0.29) is 0 Å². The van der Waals surface area contributed by atoms with E-state index in [9.17, 15) is 0 Å². The first-order valence-corrected chi connectivity index (χ1v) is 6.22. The molecule has 0 bridgehead atoms. The maximum absolute atomic E-state index is 4.58. The molecule has 2 unspecified atom stereocenters. The number of hydrogen-bond donors (Lipinski definition) is 0. The van der Waals surface area contributed by atoms with Crippen molar-refractivity contribution < 1.29 is 0 Å². The minimum absolute atomic E-state index is 0.465. The number of rotatable bonds is 0. The molecule has 0 saturated carbocycles. The summed E-state index contributed by atoms with van der Waals surface area (Å²) >= 11 is 1.91. The Kier molecular flexibility index (Phi) is 2.92. The highest BCUT2D eigenvalue weighted by molar-refractivity contribution is 8.14. The van der Waals surface area contributed by atoms with E-state index >= 15 is 0 Å². The first-order valence-electron chi connectivity index (χ1n) is 4.57. The second-order valence-electron chi connectivity index (χ2n) is 3.34. The van der Waals surface area contributed by atoms with E-state index in [2.05, 4.69) is 19.1 Å². The Morgan fingerprint density at radius 3 is 2.67 bits per heavy atom. The first-order chi connectivity index (χ1) is 5.86. The van der Waals surface area contributed by atoms with Gasteiger partial charge >= 0.3 is 0 Å². The normalized spacial score (nSPS) is 30.6. The van der Waals surface area contributed by atoms with E-state index in [1.165, 1.54) is 37.5 Å². The molecule has 0 aliphatic carbocycles. The van der Waals surface area contributed by atoms with Crippen LogP contribution >= 0.6 is 21.0 Å². The molecule has 0 aromatic heterocycles. The second-order valence-corrected chi connectivity index (χ2v) is 5.09. The zero-order valence-electron chi connectivity index (χ0n) is 7.20. The van der Waals surface area contributed by atoms with E-state index in [0.29, 0.717) is 5.78 Å². The molecule has 2 nitrogen and oxygen atoms in total. The Labute approximate surface area is 80.4 Å². The van der Waals surface area contributed by atoms with E-state index in [1.807, 2.05) is 11.8 Å². The van der Waals surface area contributed by atoms with Gasteiger partial charge in [-0.15, -0.1) is 9.24 Å². The molecule has 2 heterocycles. The summed E-state index contributed by atoms with van der Waals surface area (Å²) in [5.74, 6) is 1.61. The molecule has 68 valence electrons. The van der Waals surface area contributed by atoms with E-state index < -0.39 is 0 Å². The van der Waals surface area contributed by atoms with Crippen molar-refractivity contribution in [3.8, 4) is 0 Å². The van der Waals surface area contributed by atoms with Crippen molar-refractivity contribution in [3.63, 3.8) is 0 Å². The van der Waals surface area contributed by atoms with Gasteiger partial charge in [0.25, 0.3) is 0 Å². The van der Waals surface area contributed by atoms with Crippen LogP contribution in [0.5, 0.6) is 0 Å². The van der Waals surface area contributed by atoms with Gasteiger partial charge in [0.05, 0.1) is 5.78 Å². The maximum atomic E-state index is 4.58. The summed E-state index contributed by atoms with van der Waals surface area (Å²) in [6, 6.07) is 0. The summed E-state index contributed by atoms with van der Waals surface area (Å²) in [7, 11) is 2.78. The first kappa shape index (κ1) is 8.83. The molecule has 2 aliphatic rings. The second kappa shape index (κ2) is 3.97. The number of thioether (sulfide) groups is 1. The minimum atomic E-state index is 0.465. The number of piperidine rings is 1. The van der Waals surface area contributed by atoms with Crippen LogP contribution in [-0.4, -0.2) is 34.7 Å². The highest BCUT2D eigenvalue weighted by Crippen LogP contribution is 2.25. The fraction of sp³-hybridized carbons (Fsp3) is 0.875. The molecular weight excluding hydrogens is 187 g/mol. The monoisotopic (exact) mass is 202 g/mol. The van der Waals surface area contributed by atoms with Gasteiger partial charge in [0.15, 0.2) is 5.17 Å². The molecule has 0 aromatic rings. The van der Waals surface area contributed by atoms with E-state index in [0.717, 1.165) is 5.75 Å². The lowest BCUT2D eigenvalue weighted by atomic mass is 10.1. The number of nitrogens with zero attached hydrogens (tertiary/aromatic N) is 2. The smallest absolute Gasteiger partial charge is 0.159 e. The summed E-state index contributed by atoms with van der Waals surface area (Å²) < 4.78 is 0. The number of hydrogen-bond acceptors (Lipinski definition) is 3. The molecule has 0 N–H and O–H groups in total. The molecule has 0 radical (unpaired) electrons. The van der Waals surface area contributed by atoms with Gasteiger partial charge in [-0.2, -0.15) is 0 Å². The average molecular weight is 202 g/mol. The summed E-state index contributed by atoms with van der Waals surface area (Å²) in [4.78, 5) is 7.02. The zero-order chi connectivity index (χ0) is 8.39. The standard InChI is InChI=1S/C8H15N2PS/c11-7-6-12-8(9-7)10-4-2-1-3-5-10/h7H,1-6,11H2. The average Bonchev–Trinajstić information content (AvgIpc) is 2.54. The molecule has 1 saturated heterocycles. The molecule has 4 heteroatoms. The van der Waals surface area contributed by atoms with Gasteiger partial charge in [-0.25, -0.2) is 0 Å². The Balaban J connectivity index is 1.94.